The highest BCUT2D eigenvalue weighted by Crippen LogP contribution is 2.27. The molecule has 3 aromatic rings. The van der Waals surface area contributed by atoms with E-state index in [1.165, 1.54) is 0 Å². The van der Waals surface area contributed by atoms with Crippen molar-refractivity contribution >= 4 is 27.8 Å². The zero-order valence-electron chi connectivity index (χ0n) is 13.8. The van der Waals surface area contributed by atoms with E-state index in [1.807, 2.05) is 73.3 Å². The predicted molar refractivity (Wildman–Crippen MR) is 101 cm³/mol. The normalized spacial score (nSPS) is 11.2. The van der Waals surface area contributed by atoms with Gasteiger partial charge in [-0.15, -0.1) is 0 Å². The molecule has 0 saturated carbocycles. The van der Waals surface area contributed by atoms with Gasteiger partial charge >= 0.3 is 0 Å². The van der Waals surface area contributed by atoms with E-state index >= 15 is 0 Å². The number of halogens is 1. The van der Waals surface area contributed by atoms with Crippen molar-refractivity contribution in [3.05, 3.63) is 70.0 Å². The van der Waals surface area contributed by atoms with Crippen LogP contribution in [-0.2, 0) is 0 Å². The first kappa shape index (κ1) is 16.5. The van der Waals surface area contributed by atoms with Crippen LogP contribution in [0.25, 0.3) is 5.69 Å². The van der Waals surface area contributed by atoms with E-state index in [4.69, 9.17) is 4.74 Å². The Labute approximate surface area is 149 Å². The highest BCUT2D eigenvalue weighted by atomic mass is 79.9. The Bertz CT molecular complexity index is 885. The molecule has 2 aromatic carbocycles. The fraction of sp³-hybridized carbons (Fsp3) is 0.158. The van der Waals surface area contributed by atoms with Crippen molar-refractivity contribution in [2.75, 3.05) is 7.11 Å². The van der Waals surface area contributed by atoms with Gasteiger partial charge in [-0.05, 0) is 65.7 Å². The number of hydrogen-bond donors (Lipinski definition) is 0. The molecule has 5 heteroatoms. The van der Waals surface area contributed by atoms with E-state index in [9.17, 15) is 0 Å². The Balaban J connectivity index is 1.93. The van der Waals surface area contributed by atoms with Gasteiger partial charge in [-0.3, -0.25) is 4.99 Å². The molecule has 1 aromatic heterocycles. The maximum absolute atomic E-state index is 5.25. The number of nitrogens with zero attached hydrogens (tertiary/aromatic N) is 3. The molecule has 0 aliphatic heterocycles. The first-order chi connectivity index (χ1) is 11.6. The molecular weight excluding hydrogens is 366 g/mol. The molecule has 0 N–H and O–H groups in total. The van der Waals surface area contributed by atoms with Crippen LogP contribution in [0.1, 0.15) is 17.0 Å². The van der Waals surface area contributed by atoms with Crippen LogP contribution in [0.4, 0.5) is 5.69 Å². The van der Waals surface area contributed by atoms with Crippen molar-refractivity contribution in [2.45, 2.75) is 13.8 Å². The molecule has 0 unspecified atom stereocenters. The average Bonchev–Trinajstić information content (AvgIpc) is 2.88. The molecule has 24 heavy (non-hydrogen) atoms. The van der Waals surface area contributed by atoms with Gasteiger partial charge in [0.2, 0.25) is 0 Å². The third kappa shape index (κ3) is 3.26. The zero-order valence-corrected chi connectivity index (χ0v) is 15.4. The molecule has 3 rings (SSSR count). The molecule has 4 nitrogen and oxygen atoms in total. The second kappa shape index (κ2) is 7.01. The summed E-state index contributed by atoms with van der Waals surface area (Å²) in [5.74, 6) is 0.802. The molecule has 122 valence electrons. The van der Waals surface area contributed by atoms with E-state index in [0.29, 0.717) is 0 Å². The minimum atomic E-state index is 0.802. The van der Waals surface area contributed by atoms with Crippen LogP contribution in [0, 0.1) is 13.8 Å². The Morgan fingerprint density at radius 3 is 2.54 bits per heavy atom. The van der Waals surface area contributed by atoms with Gasteiger partial charge in [-0.1, -0.05) is 18.2 Å². The van der Waals surface area contributed by atoms with E-state index in [0.717, 1.165) is 38.5 Å². The largest absolute Gasteiger partial charge is 0.496 e. The fourth-order valence-electron chi connectivity index (χ4n) is 2.54. The second-order valence-electron chi connectivity index (χ2n) is 5.42. The van der Waals surface area contributed by atoms with Crippen LogP contribution < -0.4 is 4.74 Å². The molecule has 0 radical (unpaired) electrons. The molecule has 0 aliphatic rings. The van der Waals surface area contributed by atoms with Gasteiger partial charge in [0.05, 0.1) is 28.7 Å². The lowest BCUT2D eigenvalue weighted by molar-refractivity contribution is 0.412. The molecule has 0 saturated heterocycles. The first-order valence-electron chi connectivity index (χ1n) is 7.59. The Hall–Kier alpha value is -2.40. The van der Waals surface area contributed by atoms with Crippen molar-refractivity contribution in [1.82, 2.24) is 9.78 Å². The number of aromatic nitrogens is 2. The summed E-state index contributed by atoms with van der Waals surface area (Å²) < 4.78 is 8.08. The van der Waals surface area contributed by atoms with Crippen LogP contribution in [0.3, 0.4) is 0 Å². The summed E-state index contributed by atoms with van der Waals surface area (Å²) in [5.41, 5.74) is 4.84. The summed E-state index contributed by atoms with van der Waals surface area (Å²) in [6.45, 7) is 4.01. The third-order valence-electron chi connectivity index (χ3n) is 3.77. The van der Waals surface area contributed by atoms with Crippen molar-refractivity contribution in [1.29, 1.82) is 0 Å². The molecule has 0 bridgehead atoms. The molecular formula is C19H18BrN3O. The summed E-state index contributed by atoms with van der Waals surface area (Å²) >= 11 is 3.49. The maximum Gasteiger partial charge on any atom is 0.133 e. The quantitative estimate of drug-likeness (QED) is 0.593. The van der Waals surface area contributed by atoms with Crippen molar-refractivity contribution < 1.29 is 4.74 Å². The van der Waals surface area contributed by atoms with Gasteiger partial charge in [0.1, 0.15) is 11.4 Å². The number of ether oxygens (including phenoxy) is 1. The van der Waals surface area contributed by atoms with Crippen LogP contribution in [0.15, 0.2) is 58.0 Å². The minimum absolute atomic E-state index is 0.802. The monoisotopic (exact) mass is 383 g/mol. The minimum Gasteiger partial charge on any atom is -0.496 e. The van der Waals surface area contributed by atoms with E-state index in [2.05, 4.69) is 26.0 Å². The molecule has 1 heterocycles. The standard InChI is InChI=1S/C19H18BrN3O/c1-13-19(14(2)23(22-13)16-7-5-4-6-8-16)21-12-15-9-10-18(24-3)17(20)11-15/h4-12H,1-3H3. The average molecular weight is 384 g/mol. The predicted octanol–water partition coefficient (Wildman–Crippen LogP) is 5.01. The smallest absolute Gasteiger partial charge is 0.133 e. The lowest BCUT2D eigenvalue weighted by atomic mass is 10.2. The molecule has 0 amide bonds. The summed E-state index contributed by atoms with van der Waals surface area (Å²) in [5, 5.41) is 4.61. The number of rotatable bonds is 4. The highest BCUT2D eigenvalue weighted by molar-refractivity contribution is 9.10. The molecule has 0 atom stereocenters. The number of aliphatic imine (C=N–C) groups is 1. The summed E-state index contributed by atoms with van der Waals surface area (Å²) in [7, 11) is 1.65. The van der Waals surface area contributed by atoms with Gasteiger partial charge in [0.25, 0.3) is 0 Å². The fourth-order valence-corrected chi connectivity index (χ4v) is 3.10. The van der Waals surface area contributed by atoms with Crippen molar-refractivity contribution in [3.63, 3.8) is 0 Å². The van der Waals surface area contributed by atoms with E-state index < -0.39 is 0 Å². The number of benzene rings is 2. The molecule has 0 fully saturated rings. The highest BCUT2D eigenvalue weighted by Gasteiger charge is 2.11. The zero-order chi connectivity index (χ0) is 17.1. The van der Waals surface area contributed by atoms with Crippen LogP contribution in [-0.4, -0.2) is 23.1 Å². The molecule has 0 aliphatic carbocycles. The van der Waals surface area contributed by atoms with Crippen LogP contribution in [0.2, 0.25) is 0 Å². The van der Waals surface area contributed by atoms with Crippen molar-refractivity contribution in [2.24, 2.45) is 4.99 Å². The third-order valence-corrected chi connectivity index (χ3v) is 4.39. The van der Waals surface area contributed by atoms with E-state index in [-0.39, 0.29) is 0 Å². The van der Waals surface area contributed by atoms with Gasteiger partial charge in [-0.2, -0.15) is 5.10 Å². The Kier molecular flexibility index (Phi) is 4.81. The van der Waals surface area contributed by atoms with Crippen LogP contribution >= 0.6 is 15.9 Å². The van der Waals surface area contributed by atoms with Gasteiger partial charge < -0.3 is 4.74 Å². The molecule has 0 spiro atoms. The number of hydrogen-bond acceptors (Lipinski definition) is 3. The SMILES string of the molecule is COc1ccc(C=Nc2c(C)nn(-c3ccccc3)c2C)cc1Br. The topological polar surface area (TPSA) is 39.4 Å². The van der Waals surface area contributed by atoms with Gasteiger partial charge in [0.15, 0.2) is 0 Å². The van der Waals surface area contributed by atoms with E-state index in [1.54, 1.807) is 7.11 Å². The van der Waals surface area contributed by atoms with Gasteiger partial charge in [0, 0.05) is 6.21 Å². The number of para-hydroxylation sites is 1. The maximum atomic E-state index is 5.25. The van der Waals surface area contributed by atoms with Crippen molar-refractivity contribution in [3.8, 4) is 11.4 Å². The Morgan fingerprint density at radius 2 is 1.88 bits per heavy atom. The number of methoxy groups -OCH3 is 1. The number of aryl methyl sites for hydroxylation is 1. The lowest BCUT2D eigenvalue weighted by Crippen LogP contribution is -1.98. The second-order valence-corrected chi connectivity index (χ2v) is 6.27. The summed E-state index contributed by atoms with van der Waals surface area (Å²) in [4.78, 5) is 4.65. The Morgan fingerprint density at radius 1 is 1.12 bits per heavy atom. The summed E-state index contributed by atoms with van der Waals surface area (Å²) in [6.07, 6.45) is 1.84. The lowest BCUT2D eigenvalue weighted by Gasteiger charge is -2.04. The first-order valence-corrected chi connectivity index (χ1v) is 8.38. The van der Waals surface area contributed by atoms with Crippen LogP contribution in [0.5, 0.6) is 5.75 Å². The summed E-state index contributed by atoms with van der Waals surface area (Å²) in [6, 6.07) is 15.9. The van der Waals surface area contributed by atoms with Gasteiger partial charge in [-0.25, -0.2) is 4.68 Å².